The van der Waals surface area contributed by atoms with Gasteiger partial charge in [0.15, 0.2) is 24.2 Å². The molecule has 0 bridgehead atoms. The average molecular weight is 832 g/mol. The van der Waals surface area contributed by atoms with Gasteiger partial charge in [0.05, 0.1) is 10.2 Å². The molecule has 13 nitrogen and oxygen atoms in total. The van der Waals surface area contributed by atoms with Gasteiger partial charge in [-0.1, -0.05) is 36.4 Å². The van der Waals surface area contributed by atoms with Gasteiger partial charge in [-0.3, -0.25) is 13.8 Å². The zero-order valence-corrected chi connectivity index (χ0v) is 31.6. The summed E-state index contributed by atoms with van der Waals surface area (Å²) in [5.41, 5.74) is 0. The maximum absolute atomic E-state index is 11.3. The van der Waals surface area contributed by atoms with Crippen LogP contribution in [-0.4, -0.2) is 98.4 Å². The molecule has 4 saturated heterocycles. The van der Waals surface area contributed by atoms with Crippen molar-refractivity contribution in [2.75, 3.05) is 19.5 Å². The van der Waals surface area contributed by atoms with Crippen molar-refractivity contribution in [1.29, 1.82) is 0 Å². The molecular formula is C23H39I2NaO13S. The first-order chi connectivity index (χ1) is 17.5. The van der Waals surface area contributed by atoms with Crippen molar-refractivity contribution in [1.82, 2.24) is 0 Å². The molecule has 0 N–H and O–H groups in total. The Bertz CT molecular complexity index is 936. The van der Waals surface area contributed by atoms with Gasteiger partial charge < -0.3 is 61.9 Å². The first-order valence-electron chi connectivity index (χ1n) is 12.3. The summed E-state index contributed by atoms with van der Waals surface area (Å²) in [5.74, 6) is -2.27. The van der Waals surface area contributed by atoms with E-state index in [2.05, 4.69) is 22.6 Å². The van der Waals surface area contributed by atoms with Gasteiger partial charge in [0.1, 0.15) is 43.7 Å². The van der Waals surface area contributed by atoms with Gasteiger partial charge in [-0.15, -0.1) is 0 Å². The summed E-state index contributed by atoms with van der Waals surface area (Å²) in [6.45, 7) is 13.9. The van der Waals surface area contributed by atoms with Crippen LogP contribution in [0.15, 0.2) is 0 Å². The zero-order chi connectivity index (χ0) is 29.1. The van der Waals surface area contributed by atoms with Crippen molar-refractivity contribution in [2.24, 2.45) is 0 Å². The maximum Gasteiger partial charge on any atom is 1.00 e. The molecule has 0 aromatic heterocycles. The maximum atomic E-state index is 11.3. The number of carbonyl (C=O) groups excluding carboxylic acids is 2. The molecule has 0 aromatic rings. The van der Waals surface area contributed by atoms with Crippen LogP contribution in [0, 0.1) is 0 Å². The standard InChI is InChI=1S/C11H18O8S.C10H15IO5.C2H6.HI.Na/c1-6(12)15-5-7-8(19-20(4,13)14)9-10(16-7)18-11(2,3)17-9;1-5(12)13-4-6-7(11)8-9(14-6)16-10(2,3)15-8;1-2;;/h7-10H,5H2,1-4H3;6-9H,4H2,1-3H3;1-2H3;1H;/q;;;;+1/p-1/t7-,8-,9-,10?;6?,7-,8+,9?;;;/m10.../s1. The Labute approximate surface area is 289 Å². The summed E-state index contributed by atoms with van der Waals surface area (Å²) < 4.78 is 71.2. The van der Waals surface area contributed by atoms with Crippen molar-refractivity contribution in [3.8, 4) is 0 Å². The van der Waals surface area contributed by atoms with Crippen LogP contribution in [-0.2, 0) is 61.8 Å². The third kappa shape index (κ3) is 12.2. The van der Waals surface area contributed by atoms with Crippen LogP contribution in [0.2, 0.25) is 0 Å². The van der Waals surface area contributed by atoms with E-state index in [0.717, 1.165) is 6.26 Å². The third-order valence-corrected chi connectivity index (χ3v) is 7.42. The number of fused-ring (bicyclic) bond motifs is 2. The molecule has 8 atom stereocenters. The minimum Gasteiger partial charge on any atom is -1.00 e. The summed E-state index contributed by atoms with van der Waals surface area (Å²) in [6.07, 6.45) is -2.79. The van der Waals surface area contributed by atoms with Crippen LogP contribution in [0.4, 0.5) is 0 Å². The number of esters is 2. The van der Waals surface area contributed by atoms with Gasteiger partial charge in [0.25, 0.3) is 10.1 Å². The number of ether oxygens (including phenoxy) is 8. The van der Waals surface area contributed by atoms with E-state index >= 15 is 0 Å². The van der Waals surface area contributed by atoms with Crippen molar-refractivity contribution in [2.45, 2.75) is 114 Å². The van der Waals surface area contributed by atoms with Gasteiger partial charge in [-0.2, -0.15) is 8.42 Å². The SMILES string of the molecule is CC.CC(=O)OCC1OC2OC(C)(C)O[C@@H]2[C@H]1I.CC(=O)OC[C@H]1OC2OC(C)(C)O[C@@H]2[C@@H]1OS(C)(=O)=O.[I-].[Na+]. The largest absolute Gasteiger partial charge is 1.00 e. The average Bonchev–Trinajstić information content (AvgIpc) is 3.43. The number of alkyl halides is 1. The van der Waals surface area contributed by atoms with E-state index in [0.29, 0.717) is 0 Å². The minimum atomic E-state index is -3.71. The van der Waals surface area contributed by atoms with Crippen LogP contribution in [0.1, 0.15) is 55.4 Å². The van der Waals surface area contributed by atoms with E-state index < -0.39 is 52.3 Å². The molecule has 0 spiro atoms. The van der Waals surface area contributed by atoms with Gasteiger partial charge in [-0.25, -0.2) is 0 Å². The van der Waals surface area contributed by atoms with Crippen LogP contribution >= 0.6 is 22.6 Å². The van der Waals surface area contributed by atoms with Gasteiger partial charge >= 0.3 is 41.5 Å². The molecule has 40 heavy (non-hydrogen) atoms. The fraction of sp³-hybridized carbons (Fsp3) is 0.913. The van der Waals surface area contributed by atoms with Gasteiger partial charge in [0.2, 0.25) is 0 Å². The second-order valence-electron chi connectivity index (χ2n) is 9.60. The minimum absolute atomic E-state index is 0. The topological polar surface area (TPSA) is 151 Å². The Morgan fingerprint density at radius 3 is 1.62 bits per heavy atom. The number of hydrogen-bond donors (Lipinski definition) is 0. The fourth-order valence-electron chi connectivity index (χ4n) is 4.07. The second-order valence-corrected chi connectivity index (χ2v) is 12.6. The molecular weight excluding hydrogens is 793 g/mol. The molecule has 0 aromatic carbocycles. The summed E-state index contributed by atoms with van der Waals surface area (Å²) in [4.78, 5) is 21.6. The number of rotatable bonds is 6. The van der Waals surface area contributed by atoms with Crippen LogP contribution in [0.5, 0.6) is 0 Å². The summed E-state index contributed by atoms with van der Waals surface area (Å²) >= 11 is 2.25. The van der Waals surface area contributed by atoms with Crippen molar-refractivity contribution in [3.63, 3.8) is 0 Å². The molecule has 0 aliphatic carbocycles. The molecule has 4 fully saturated rings. The van der Waals surface area contributed by atoms with Gasteiger partial charge in [-0.05, 0) is 27.7 Å². The van der Waals surface area contributed by atoms with E-state index in [4.69, 9.17) is 42.1 Å². The van der Waals surface area contributed by atoms with E-state index in [1.165, 1.54) is 13.8 Å². The normalized spacial score (nSPS) is 34.4. The zero-order valence-electron chi connectivity index (χ0n) is 24.5. The molecule has 4 aliphatic rings. The Morgan fingerprint density at radius 1 is 0.800 bits per heavy atom. The van der Waals surface area contributed by atoms with Gasteiger partial charge in [0, 0.05) is 13.8 Å². The monoisotopic (exact) mass is 832 g/mol. The Kier molecular flexibility index (Phi) is 17.4. The second kappa shape index (κ2) is 17.0. The number of halogens is 2. The quantitative estimate of drug-likeness (QED) is 0.0844. The number of hydrogen-bond acceptors (Lipinski definition) is 13. The Balaban J connectivity index is 0.000000696. The first kappa shape index (κ1) is 41.1. The van der Waals surface area contributed by atoms with Crippen molar-refractivity contribution < 1.29 is 114 Å². The van der Waals surface area contributed by atoms with E-state index in [-0.39, 0.29) is 95.1 Å². The summed E-state index contributed by atoms with van der Waals surface area (Å²) in [6, 6.07) is 0. The molecule has 4 rings (SSSR count). The Morgan fingerprint density at radius 2 is 1.20 bits per heavy atom. The summed E-state index contributed by atoms with van der Waals surface area (Å²) in [5, 5.41) is 0. The molecule has 4 aliphatic heterocycles. The molecule has 230 valence electrons. The molecule has 0 saturated carbocycles. The number of carbonyl (C=O) groups is 2. The third-order valence-electron chi connectivity index (χ3n) is 5.34. The summed E-state index contributed by atoms with van der Waals surface area (Å²) in [7, 11) is -3.71. The molecule has 3 unspecified atom stereocenters. The fourth-order valence-corrected chi connectivity index (χ4v) is 5.57. The Hall–Kier alpha value is 1.07. The predicted octanol–water partition coefficient (Wildman–Crippen LogP) is -3.97. The smallest absolute Gasteiger partial charge is 1.00 e. The van der Waals surface area contributed by atoms with Crippen LogP contribution in [0.3, 0.4) is 0 Å². The van der Waals surface area contributed by atoms with E-state index in [9.17, 15) is 18.0 Å². The molecule has 17 heteroatoms. The molecule has 0 radical (unpaired) electrons. The molecule has 0 amide bonds. The van der Waals surface area contributed by atoms with Crippen molar-refractivity contribution >= 4 is 44.6 Å². The van der Waals surface area contributed by atoms with Crippen LogP contribution in [0.25, 0.3) is 0 Å². The van der Waals surface area contributed by atoms with Crippen LogP contribution < -0.4 is 53.5 Å². The first-order valence-corrected chi connectivity index (χ1v) is 15.3. The van der Waals surface area contributed by atoms with E-state index in [1.54, 1.807) is 13.8 Å². The van der Waals surface area contributed by atoms with E-state index in [1.807, 2.05) is 27.7 Å². The predicted molar refractivity (Wildman–Crippen MR) is 140 cm³/mol. The molecule has 4 heterocycles. The van der Waals surface area contributed by atoms with Crippen molar-refractivity contribution in [3.05, 3.63) is 0 Å².